The number of hydrogen-bond acceptors (Lipinski definition) is 4. The van der Waals surface area contributed by atoms with E-state index in [1.807, 2.05) is 0 Å². The van der Waals surface area contributed by atoms with Gasteiger partial charge in [0.25, 0.3) is 5.91 Å². The molecule has 0 radical (unpaired) electrons. The molecule has 22 heavy (non-hydrogen) atoms. The summed E-state index contributed by atoms with van der Waals surface area (Å²) in [6.07, 6.45) is 0. The number of amides is 1. The first-order valence-corrected chi connectivity index (χ1v) is 6.63. The van der Waals surface area contributed by atoms with Crippen LogP contribution in [0.1, 0.15) is 39.5 Å². The summed E-state index contributed by atoms with van der Waals surface area (Å²) >= 11 is 0. The smallest absolute Gasteiger partial charge is 0.356 e. The van der Waals surface area contributed by atoms with Crippen molar-refractivity contribution in [3.05, 3.63) is 53.1 Å². The van der Waals surface area contributed by atoms with Crippen LogP contribution in [0.25, 0.3) is 0 Å². The zero-order valence-corrected chi connectivity index (χ0v) is 12.5. The van der Waals surface area contributed by atoms with Crippen molar-refractivity contribution in [3.63, 3.8) is 0 Å². The second kappa shape index (κ2) is 6.38. The highest BCUT2D eigenvalue weighted by Crippen LogP contribution is 2.21. The second-order valence-electron chi connectivity index (χ2n) is 4.66. The summed E-state index contributed by atoms with van der Waals surface area (Å²) in [5.74, 6) is -1.36. The molecular formula is C15H16FN3O3. The summed E-state index contributed by atoms with van der Waals surface area (Å²) in [7, 11) is 2.73. The maximum atomic E-state index is 13.0. The molecule has 0 aliphatic carbocycles. The number of benzene rings is 1. The highest BCUT2D eigenvalue weighted by atomic mass is 19.1. The molecule has 6 nitrogen and oxygen atoms in total. The molecule has 1 heterocycles. The number of hydrogen-bond donors (Lipinski definition) is 1. The summed E-state index contributed by atoms with van der Waals surface area (Å²) in [5, 5.41) is 6.61. The number of nitrogens with one attached hydrogen (secondary N) is 1. The van der Waals surface area contributed by atoms with Gasteiger partial charge in [0.2, 0.25) is 0 Å². The predicted molar refractivity (Wildman–Crippen MR) is 77.2 cm³/mol. The van der Waals surface area contributed by atoms with Gasteiger partial charge in [0.05, 0.1) is 13.2 Å². The molecule has 0 fully saturated rings. The zero-order valence-electron chi connectivity index (χ0n) is 12.5. The van der Waals surface area contributed by atoms with E-state index in [2.05, 4.69) is 10.4 Å². The largest absolute Gasteiger partial charge is 0.464 e. The molecular weight excluding hydrogens is 289 g/mol. The Labute approximate surface area is 126 Å². The molecule has 1 N–H and O–H groups in total. The SMILES string of the molecule is CNC(=O)c1cc(C(=O)OC)n([C@@H](C)c2ccc(F)cc2)n1. The third-order valence-corrected chi connectivity index (χ3v) is 3.31. The van der Waals surface area contributed by atoms with E-state index in [1.54, 1.807) is 19.1 Å². The Hall–Kier alpha value is -2.70. The average Bonchev–Trinajstić information content (AvgIpc) is 2.98. The van der Waals surface area contributed by atoms with Crippen molar-refractivity contribution in [2.45, 2.75) is 13.0 Å². The third kappa shape index (κ3) is 2.98. The predicted octanol–water partition coefficient (Wildman–Crippen LogP) is 1.78. The lowest BCUT2D eigenvalue weighted by molar-refractivity contribution is 0.0585. The number of rotatable bonds is 4. The summed E-state index contributed by atoms with van der Waals surface area (Å²) in [5.41, 5.74) is 1.01. The summed E-state index contributed by atoms with van der Waals surface area (Å²) in [4.78, 5) is 23.6. The van der Waals surface area contributed by atoms with Crippen LogP contribution in [-0.4, -0.2) is 35.8 Å². The van der Waals surface area contributed by atoms with E-state index >= 15 is 0 Å². The van der Waals surface area contributed by atoms with Crippen LogP contribution in [0.3, 0.4) is 0 Å². The van der Waals surface area contributed by atoms with E-state index in [9.17, 15) is 14.0 Å². The normalized spacial score (nSPS) is 11.8. The molecule has 1 aromatic carbocycles. The van der Waals surface area contributed by atoms with E-state index in [0.717, 1.165) is 5.56 Å². The molecule has 2 aromatic rings. The fourth-order valence-electron chi connectivity index (χ4n) is 2.07. The van der Waals surface area contributed by atoms with Crippen molar-refractivity contribution in [3.8, 4) is 0 Å². The van der Waals surface area contributed by atoms with Crippen LogP contribution in [0, 0.1) is 5.82 Å². The van der Waals surface area contributed by atoms with E-state index in [0.29, 0.717) is 0 Å². The van der Waals surface area contributed by atoms with Crippen molar-refractivity contribution in [1.82, 2.24) is 15.1 Å². The molecule has 0 unspecified atom stereocenters. The van der Waals surface area contributed by atoms with Crippen LogP contribution >= 0.6 is 0 Å². The van der Waals surface area contributed by atoms with Gasteiger partial charge in [-0.25, -0.2) is 9.18 Å². The minimum absolute atomic E-state index is 0.108. The average molecular weight is 305 g/mol. The molecule has 7 heteroatoms. The number of carbonyl (C=O) groups is 2. The highest BCUT2D eigenvalue weighted by molar-refractivity contribution is 5.95. The maximum Gasteiger partial charge on any atom is 0.356 e. The Morgan fingerprint density at radius 1 is 1.32 bits per heavy atom. The van der Waals surface area contributed by atoms with E-state index < -0.39 is 11.9 Å². The lowest BCUT2D eigenvalue weighted by atomic mass is 10.1. The molecule has 0 bridgehead atoms. The topological polar surface area (TPSA) is 73.2 Å². The first kappa shape index (κ1) is 15.7. The molecule has 0 spiro atoms. The number of ether oxygens (including phenoxy) is 1. The lowest BCUT2D eigenvalue weighted by Crippen LogP contribution is -2.19. The third-order valence-electron chi connectivity index (χ3n) is 3.31. The van der Waals surface area contributed by atoms with Crippen LogP contribution in [0.15, 0.2) is 30.3 Å². The van der Waals surface area contributed by atoms with Crippen LogP contribution in [0.2, 0.25) is 0 Å². The van der Waals surface area contributed by atoms with Gasteiger partial charge in [0.15, 0.2) is 5.69 Å². The first-order valence-electron chi connectivity index (χ1n) is 6.63. The van der Waals surface area contributed by atoms with E-state index in [-0.39, 0.29) is 23.2 Å². The molecule has 1 aromatic heterocycles. The Morgan fingerprint density at radius 3 is 2.50 bits per heavy atom. The van der Waals surface area contributed by atoms with Crippen molar-refractivity contribution in [2.75, 3.05) is 14.2 Å². The maximum absolute atomic E-state index is 13.0. The van der Waals surface area contributed by atoms with Crippen LogP contribution in [0.5, 0.6) is 0 Å². The molecule has 2 rings (SSSR count). The highest BCUT2D eigenvalue weighted by Gasteiger charge is 2.23. The fourth-order valence-corrected chi connectivity index (χ4v) is 2.07. The zero-order chi connectivity index (χ0) is 16.3. The molecule has 1 amide bonds. The van der Waals surface area contributed by atoms with E-state index in [1.165, 1.54) is 37.0 Å². The number of aromatic nitrogens is 2. The van der Waals surface area contributed by atoms with Crippen LogP contribution in [0.4, 0.5) is 4.39 Å². The molecule has 1 atom stereocenters. The van der Waals surface area contributed by atoms with Crippen LogP contribution in [-0.2, 0) is 4.74 Å². The van der Waals surface area contributed by atoms with Crippen molar-refractivity contribution >= 4 is 11.9 Å². The molecule has 0 aliphatic heterocycles. The van der Waals surface area contributed by atoms with Gasteiger partial charge >= 0.3 is 5.97 Å². The number of methoxy groups -OCH3 is 1. The van der Waals surface area contributed by atoms with Gasteiger partial charge in [0.1, 0.15) is 11.5 Å². The number of esters is 1. The summed E-state index contributed by atoms with van der Waals surface area (Å²) in [6.45, 7) is 1.79. The fraction of sp³-hybridized carbons (Fsp3) is 0.267. The number of nitrogens with zero attached hydrogens (tertiary/aromatic N) is 2. The van der Waals surface area contributed by atoms with Crippen molar-refractivity contribution in [2.24, 2.45) is 0 Å². The van der Waals surface area contributed by atoms with Gasteiger partial charge in [0, 0.05) is 13.1 Å². The molecule has 0 aliphatic rings. The Balaban J connectivity index is 2.47. The molecule has 116 valence electrons. The number of halogens is 1. The van der Waals surface area contributed by atoms with Gasteiger partial charge in [-0.3, -0.25) is 9.48 Å². The lowest BCUT2D eigenvalue weighted by Gasteiger charge is -2.15. The Morgan fingerprint density at radius 2 is 1.95 bits per heavy atom. The van der Waals surface area contributed by atoms with Crippen LogP contribution < -0.4 is 5.32 Å². The quantitative estimate of drug-likeness (QED) is 0.874. The summed E-state index contributed by atoms with van der Waals surface area (Å²) < 4.78 is 19.1. The van der Waals surface area contributed by atoms with Gasteiger partial charge in [-0.15, -0.1) is 0 Å². The first-order chi connectivity index (χ1) is 10.5. The number of carbonyl (C=O) groups excluding carboxylic acids is 2. The van der Waals surface area contributed by atoms with Gasteiger partial charge < -0.3 is 10.1 Å². The van der Waals surface area contributed by atoms with Crippen molar-refractivity contribution < 1.29 is 18.7 Å². The molecule has 0 saturated heterocycles. The van der Waals surface area contributed by atoms with E-state index in [4.69, 9.17) is 4.74 Å². The summed E-state index contributed by atoms with van der Waals surface area (Å²) in [6, 6.07) is 6.85. The monoisotopic (exact) mass is 305 g/mol. The van der Waals surface area contributed by atoms with Crippen molar-refractivity contribution in [1.29, 1.82) is 0 Å². The Kier molecular flexibility index (Phi) is 4.55. The minimum Gasteiger partial charge on any atom is -0.464 e. The Bertz CT molecular complexity index is 695. The van der Waals surface area contributed by atoms with Gasteiger partial charge in [-0.2, -0.15) is 5.10 Å². The van der Waals surface area contributed by atoms with Gasteiger partial charge in [-0.05, 0) is 24.6 Å². The van der Waals surface area contributed by atoms with Gasteiger partial charge in [-0.1, -0.05) is 12.1 Å². The standard InChI is InChI=1S/C15H16FN3O3/c1-9(10-4-6-11(16)7-5-10)19-13(15(21)22-3)8-12(18-19)14(20)17-2/h4-9H,1-3H3,(H,17,20)/t9-/m0/s1. The minimum atomic E-state index is -0.600. The second-order valence-corrected chi connectivity index (χ2v) is 4.66. The molecule has 0 saturated carbocycles.